The maximum absolute atomic E-state index is 12.1. The average molecular weight is 259 g/mol. The van der Waals surface area contributed by atoms with Gasteiger partial charge in [-0.1, -0.05) is 0 Å². The fourth-order valence-corrected chi connectivity index (χ4v) is 3.15. The first kappa shape index (κ1) is 12.1. The van der Waals surface area contributed by atoms with Crippen molar-refractivity contribution in [2.75, 3.05) is 6.54 Å². The summed E-state index contributed by atoms with van der Waals surface area (Å²) in [4.78, 5) is 14.5. The van der Waals surface area contributed by atoms with Crippen LogP contribution in [0.2, 0.25) is 0 Å². The number of aryl methyl sites for hydroxylation is 1. The first-order valence-electron chi connectivity index (χ1n) is 5.13. The van der Waals surface area contributed by atoms with Gasteiger partial charge >= 0.3 is 5.97 Å². The Balaban J connectivity index is 2.31. The maximum Gasteiger partial charge on any atom is 0.318 e. The number of carbonyl (C=O) groups is 1. The molecule has 7 nitrogen and oxygen atoms in total. The first-order chi connectivity index (χ1) is 7.91. The fraction of sp³-hybridized carbons (Fsp3) is 0.556. The lowest BCUT2D eigenvalue weighted by atomic mass is 10.6. The topological polar surface area (TPSA) is 92.5 Å². The van der Waals surface area contributed by atoms with Gasteiger partial charge in [-0.3, -0.25) is 4.79 Å². The van der Waals surface area contributed by atoms with E-state index in [-0.39, 0.29) is 11.1 Å². The summed E-state index contributed by atoms with van der Waals surface area (Å²) >= 11 is 0. The van der Waals surface area contributed by atoms with Crippen molar-refractivity contribution in [2.45, 2.75) is 23.9 Å². The molecule has 1 aliphatic rings. The zero-order chi connectivity index (χ0) is 12.6. The van der Waals surface area contributed by atoms with Gasteiger partial charge in [-0.15, -0.1) is 0 Å². The van der Waals surface area contributed by atoms with Crippen molar-refractivity contribution in [3.05, 3.63) is 12.5 Å². The normalized spacial score (nSPS) is 16.4. The van der Waals surface area contributed by atoms with Crippen LogP contribution in [0.25, 0.3) is 0 Å². The van der Waals surface area contributed by atoms with E-state index in [4.69, 9.17) is 5.11 Å². The summed E-state index contributed by atoms with van der Waals surface area (Å²) in [5, 5.41) is 8.64. The summed E-state index contributed by atoms with van der Waals surface area (Å²) in [6.07, 6.45) is 4.16. The predicted molar refractivity (Wildman–Crippen MR) is 57.8 cm³/mol. The van der Waals surface area contributed by atoms with Crippen LogP contribution in [0.3, 0.4) is 0 Å². The van der Waals surface area contributed by atoms with Crippen LogP contribution in [-0.4, -0.2) is 45.9 Å². The third-order valence-corrected chi connectivity index (χ3v) is 4.28. The Bertz CT molecular complexity index is 532. The second-order valence-electron chi connectivity index (χ2n) is 4.05. The predicted octanol–water partition coefficient (Wildman–Crippen LogP) is -0.342. The van der Waals surface area contributed by atoms with Crippen LogP contribution in [0.5, 0.6) is 0 Å². The number of nitrogens with zero attached hydrogens (tertiary/aromatic N) is 3. The number of aliphatic carboxylic acids is 1. The number of carboxylic acid groups (broad SMARTS) is 1. The maximum atomic E-state index is 12.1. The van der Waals surface area contributed by atoms with Gasteiger partial charge in [0.2, 0.25) is 0 Å². The standard InChI is InChI=1S/C9H13N3O4S/c1-11-4-8(10-6-11)17(15,16)12(5-9(13)14)7-2-3-7/h4,6-7H,2-3,5H2,1H3,(H,13,14). The highest BCUT2D eigenvalue weighted by molar-refractivity contribution is 7.89. The van der Waals surface area contributed by atoms with Gasteiger partial charge < -0.3 is 9.67 Å². The summed E-state index contributed by atoms with van der Waals surface area (Å²) in [6, 6.07) is -0.196. The fourth-order valence-electron chi connectivity index (χ4n) is 1.55. The molecule has 1 N–H and O–H groups in total. The number of rotatable bonds is 5. The van der Waals surface area contributed by atoms with Crippen LogP contribution in [0, 0.1) is 0 Å². The van der Waals surface area contributed by atoms with Gasteiger partial charge in [-0.2, -0.15) is 4.31 Å². The lowest BCUT2D eigenvalue weighted by Crippen LogP contribution is -2.37. The van der Waals surface area contributed by atoms with Crippen LogP contribution < -0.4 is 0 Å². The molecular weight excluding hydrogens is 246 g/mol. The Morgan fingerprint density at radius 1 is 1.65 bits per heavy atom. The molecule has 1 aliphatic carbocycles. The van der Waals surface area contributed by atoms with E-state index in [2.05, 4.69) is 4.98 Å². The molecule has 0 aliphatic heterocycles. The molecule has 0 unspecified atom stereocenters. The van der Waals surface area contributed by atoms with E-state index >= 15 is 0 Å². The average Bonchev–Trinajstić information content (AvgIpc) is 2.96. The highest BCUT2D eigenvalue weighted by atomic mass is 32.2. The number of aromatic nitrogens is 2. The molecule has 0 atom stereocenters. The quantitative estimate of drug-likeness (QED) is 0.780. The monoisotopic (exact) mass is 259 g/mol. The minimum absolute atomic E-state index is 0.104. The minimum Gasteiger partial charge on any atom is -0.480 e. The molecule has 1 heterocycles. The van der Waals surface area contributed by atoms with E-state index < -0.39 is 22.5 Å². The zero-order valence-electron chi connectivity index (χ0n) is 9.28. The van der Waals surface area contributed by atoms with Crippen molar-refractivity contribution < 1.29 is 18.3 Å². The molecule has 0 amide bonds. The third kappa shape index (κ3) is 2.47. The molecule has 0 bridgehead atoms. The van der Waals surface area contributed by atoms with Crippen molar-refractivity contribution >= 4 is 16.0 Å². The molecule has 0 saturated heterocycles. The SMILES string of the molecule is Cn1cnc(S(=O)(=O)N(CC(=O)O)C2CC2)c1. The lowest BCUT2D eigenvalue weighted by molar-refractivity contribution is -0.137. The van der Waals surface area contributed by atoms with E-state index in [0.717, 1.165) is 4.31 Å². The van der Waals surface area contributed by atoms with Gasteiger partial charge in [-0.25, -0.2) is 13.4 Å². The Hall–Kier alpha value is -1.41. The van der Waals surface area contributed by atoms with Crippen molar-refractivity contribution in [1.29, 1.82) is 0 Å². The van der Waals surface area contributed by atoms with Gasteiger partial charge in [0, 0.05) is 19.3 Å². The second kappa shape index (κ2) is 4.11. The molecule has 0 aromatic carbocycles. The molecule has 1 aromatic heterocycles. The van der Waals surface area contributed by atoms with Gasteiger partial charge in [0.05, 0.1) is 6.33 Å². The summed E-state index contributed by atoms with van der Waals surface area (Å²) in [5.74, 6) is -1.16. The van der Waals surface area contributed by atoms with E-state index in [1.807, 2.05) is 0 Å². The molecule has 17 heavy (non-hydrogen) atoms. The zero-order valence-corrected chi connectivity index (χ0v) is 10.1. The molecule has 8 heteroatoms. The molecule has 2 rings (SSSR count). The number of carboxylic acids is 1. The minimum atomic E-state index is -3.79. The summed E-state index contributed by atoms with van der Waals surface area (Å²) in [6.45, 7) is -0.510. The lowest BCUT2D eigenvalue weighted by Gasteiger charge is -2.17. The smallest absolute Gasteiger partial charge is 0.318 e. The molecular formula is C9H13N3O4S. The van der Waals surface area contributed by atoms with Gasteiger partial charge in [0.15, 0.2) is 5.03 Å². The van der Waals surface area contributed by atoms with Crippen LogP contribution in [-0.2, 0) is 21.9 Å². The van der Waals surface area contributed by atoms with Crippen molar-refractivity contribution in [1.82, 2.24) is 13.9 Å². The Labute approximate surface area is 98.7 Å². The third-order valence-electron chi connectivity index (χ3n) is 2.50. The molecule has 0 radical (unpaired) electrons. The van der Waals surface area contributed by atoms with Crippen LogP contribution >= 0.6 is 0 Å². The van der Waals surface area contributed by atoms with E-state index in [0.29, 0.717) is 12.8 Å². The van der Waals surface area contributed by atoms with Crippen molar-refractivity contribution in [2.24, 2.45) is 7.05 Å². The first-order valence-corrected chi connectivity index (χ1v) is 6.57. The Morgan fingerprint density at radius 3 is 2.71 bits per heavy atom. The summed E-state index contributed by atoms with van der Waals surface area (Å²) in [5.41, 5.74) is 0. The Kier molecular flexibility index (Phi) is 2.92. The number of imidazole rings is 1. The molecule has 1 aromatic rings. The number of hydrogen-bond donors (Lipinski definition) is 1. The van der Waals surface area contributed by atoms with Gasteiger partial charge in [-0.05, 0) is 12.8 Å². The largest absolute Gasteiger partial charge is 0.480 e. The van der Waals surface area contributed by atoms with E-state index in [1.54, 1.807) is 7.05 Å². The van der Waals surface area contributed by atoms with Crippen LogP contribution in [0.4, 0.5) is 0 Å². The van der Waals surface area contributed by atoms with Gasteiger partial charge in [0.25, 0.3) is 10.0 Å². The Morgan fingerprint density at radius 2 is 2.29 bits per heavy atom. The van der Waals surface area contributed by atoms with Crippen LogP contribution in [0.1, 0.15) is 12.8 Å². The van der Waals surface area contributed by atoms with Crippen molar-refractivity contribution in [3.8, 4) is 0 Å². The second-order valence-corrected chi connectivity index (χ2v) is 5.89. The van der Waals surface area contributed by atoms with Crippen molar-refractivity contribution in [3.63, 3.8) is 0 Å². The number of hydrogen-bond acceptors (Lipinski definition) is 4. The molecule has 1 fully saturated rings. The van der Waals surface area contributed by atoms with E-state index in [9.17, 15) is 13.2 Å². The highest BCUT2D eigenvalue weighted by Crippen LogP contribution is 2.31. The molecule has 1 saturated carbocycles. The molecule has 0 spiro atoms. The highest BCUT2D eigenvalue weighted by Gasteiger charge is 2.40. The number of sulfonamides is 1. The van der Waals surface area contributed by atoms with Gasteiger partial charge in [0.1, 0.15) is 6.54 Å². The molecule has 94 valence electrons. The van der Waals surface area contributed by atoms with Crippen LogP contribution in [0.15, 0.2) is 17.6 Å². The summed E-state index contributed by atoms with van der Waals surface area (Å²) in [7, 11) is -2.13. The summed E-state index contributed by atoms with van der Waals surface area (Å²) < 4.78 is 26.8. The van der Waals surface area contributed by atoms with E-state index in [1.165, 1.54) is 17.1 Å².